The van der Waals surface area contributed by atoms with Gasteiger partial charge in [0.05, 0.1) is 10.9 Å². The topological polar surface area (TPSA) is 41.9 Å². The van der Waals surface area contributed by atoms with Crippen molar-refractivity contribution in [1.82, 2.24) is 4.90 Å². The molecule has 3 atom stereocenters. The molecule has 0 aliphatic carbocycles. The molecule has 4 heterocycles. The molecule has 0 bridgehead atoms. The summed E-state index contributed by atoms with van der Waals surface area (Å²) < 4.78 is 12.5. The van der Waals surface area contributed by atoms with Gasteiger partial charge in [0, 0.05) is 36.2 Å². The summed E-state index contributed by atoms with van der Waals surface area (Å²) in [5, 5.41) is 10.2. The van der Waals surface area contributed by atoms with Gasteiger partial charge in [-0.1, -0.05) is 11.6 Å². The smallest absolute Gasteiger partial charge is 0.105 e. The van der Waals surface area contributed by atoms with E-state index < -0.39 is 6.10 Å². The van der Waals surface area contributed by atoms with Crippen molar-refractivity contribution in [1.29, 1.82) is 0 Å². The summed E-state index contributed by atoms with van der Waals surface area (Å²) in [6.45, 7) is 6.78. The van der Waals surface area contributed by atoms with E-state index in [2.05, 4.69) is 11.8 Å². The molecule has 3 aliphatic rings. The standard InChI is InChI=1S/C19H28ClNO3S/c1-13-11-19(18-15(10-17(20)25-18)16(22)12-24-19)5-7-21(13)6-2-14-3-8-23-9-4-14/h10,13-14,16,22H,2-9,11-12H2,1H3/t13-,16-,19+/m0/s1. The molecule has 0 amide bonds. The Balaban J connectivity index is 1.41. The minimum atomic E-state index is -0.536. The normalized spacial score (nSPS) is 34.4. The van der Waals surface area contributed by atoms with Crippen molar-refractivity contribution in [2.24, 2.45) is 5.92 Å². The number of halogens is 1. The van der Waals surface area contributed by atoms with Crippen LogP contribution < -0.4 is 0 Å². The molecule has 1 spiro atoms. The summed E-state index contributed by atoms with van der Waals surface area (Å²) in [5.41, 5.74) is 0.741. The minimum Gasteiger partial charge on any atom is -0.386 e. The van der Waals surface area contributed by atoms with E-state index >= 15 is 0 Å². The number of aliphatic hydroxyl groups is 1. The molecule has 2 fully saturated rings. The third kappa shape index (κ3) is 3.64. The Kier molecular flexibility index (Phi) is 5.43. The van der Waals surface area contributed by atoms with E-state index in [9.17, 15) is 5.11 Å². The lowest BCUT2D eigenvalue weighted by atomic mass is 9.81. The molecule has 4 rings (SSSR count). The molecule has 140 valence electrons. The molecule has 25 heavy (non-hydrogen) atoms. The Morgan fingerprint density at radius 3 is 2.96 bits per heavy atom. The Morgan fingerprint density at radius 1 is 1.40 bits per heavy atom. The van der Waals surface area contributed by atoms with Crippen LogP contribution in [0.5, 0.6) is 0 Å². The molecular weight excluding hydrogens is 358 g/mol. The Labute approximate surface area is 159 Å². The molecule has 6 heteroatoms. The molecule has 0 unspecified atom stereocenters. The van der Waals surface area contributed by atoms with Crippen LogP contribution >= 0.6 is 22.9 Å². The number of nitrogens with zero attached hydrogens (tertiary/aromatic N) is 1. The van der Waals surface area contributed by atoms with E-state index in [4.69, 9.17) is 21.1 Å². The molecule has 4 nitrogen and oxygen atoms in total. The fourth-order valence-corrected chi connectivity index (χ4v) is 6.15. The number of hydrogen-bond donors (Lipinski definition) is 1. The Hall–Kier alpha value is -0.170. The molecular formula is C19H28ClNO3S. The van der Waals surface area contributed by atoms with Gasteiger partial charge in [0.2, 0.25) is 0 Å². The second kappa shape index (κ2) is 7.45. The quantitative estimate of drug-likeness (QED) is 0.855. The van der Waals surface area contributed by atoms with Gasteiger partial charge in [0.1, 0.15) is 11.7 Å². The molecule has 1 aromatic heterocycles. The van der Waals surface area contributed by atoms with Crippen LogP contribution in [0.25, 0.3) is 0 Å². The third-order valence-electron chi connectivity index (χ3n) is 6.24. The number of piperidine rings is 1. The summed E-state index contributed by atoms with van der Waals surface area (Å²) in [7, 11) is 0. The van der Waals surface area contributed by atoms with Crippen LogP contribution in [0, 0.1) is 5.92 Å². The van der Waals surface area contributed by atoms with Crippen molar-refractivity contribution in [2.45, 2.75) is 56.8 Å². The predicted molar refractivity (Wildman–Crippen MR) is 100 cm³/mol. The van der Waals surface area contributed by atoms with Crippen molar-refractivity contribution in [3.05, 3.63) is 20.8 Å². The minimum absolute atomic E-state index is 0.249. The Bertz CT molecular complexity index is 603. The molecule has 3 aliphatic heterocycles. The zero-order valence-electron chi connectivity index (χ0n) is 14.9. The van der Waals surface area contributed by atoms with Crippen molar-refractivity contribution in [2.75, 3.05) is 32.9 Å². The predicted octanol–water partition coefficient (Wildman–Crippen LogP) is 3.96. The number of ether oxygens (including phenoxy) is 2. The molecule has 2 saturated heterocycles. The third-order valence-corrected chi connectivity index (χ3v) is 7.70. The van der Waals surface area contributed by atoms with Crippen molar-refractivity contribution in [3.63, 3.8) is 0 Å². The van der Waals surface area contributed by atoms with Crippen LogP contribution in [-0.2, 0) is 15.1 Å². The van der Waals surface area contributed by atoms with Gasteiger partial charge in [-0.2, -0.15) is 0 Å². The second-order valence-electron chi connectivity index (χ2n) is 7.84. The van der Waals surface area contributed by atoms with Gasteiger partial charge in [0.15, 0.2) is 0 Å². The molecule has 0 saturated carbocycles. The molecule has 0 radical (unpaired) electrons. The summed E-state index contributed by atoms with van der Waals surface area (Å²) in [5.74, 6) is 0.820. The van der Waals surface area contributed by atoms with Gasteiger partial charge < -0.3 is 19.5 Å². The average molecular weight is 386 g/mol. The van der Waals surface area contributed by atoms with Crippen molar-refractivity contribution in [3.8, 4) is 0 Å². The van der Waals surface area contributed by atoms with Crippen LogP contribution in [0.3, 0.4) is 0 Å². The number of thiophene rings is 1. The number of hydrogen-bond acceptors (Lipinski definition) is 5. The maximum absolute atomic E-state index is 10.2. The van der Waals surface area contributed by atoms with Crippen molar-refractivity contribution >= 4 is 22.9 Å². The van der Waals surface area contributed by atoms with Crippen LogP contribution in [0.4, 0.5) is 0 Å². The monoisotopic (exact) mass is 385 g/mol. The zero-order valence-corrected chi connectivity index (χ0v) is 16.5. The molecule has 1 aromatic rings. The van der Waals surface area contributed by atoms with E-state index in [-0.39, 0.29) is 5.60 Å². The number of fused-ring (bicyclic) bond motifs is 2. The SMILES string of the molecule is C[C@H]1C[C@@]2(CCN1CCC1CCOCC1)OC[C@H](O)c1cc(Cl)sc12. The summed E-state index contributed by atoms with van der Waals surface area (Å²) in [6.07, 6.45) is 5.13. The number of likely N-dealkylation sites (tertiary alicyclic amines) is 1. The highest BCUT2D eigenvalue weighted by molar-refractivity contribution is 7.16. The van der Waals surface area contributed by atoms with Gasteiger partial charge in [-0.05, 0) is 57.6 Å². The highest BCUT2D eigenvalue weighted by atomic mass is 35.5. The van der Waals surface area contributed by atoms with Gasteiger partial charge in [0.25, 0.3) is 0 Å². The second-order valence-corrected chi connectivity index (χ2v) is 9.52. The largest absolute Gasteiger partial charge is 0.386 e. The molecule has 0 aromatic carbocycles. The van der Waals surface area contributed by atoms with Gasteiger partial charge >= 0.3 is 0 Å². The van der Waals surface area contributed by atoms with Gasteiger partial charge in [-0.3, -0.25) is 0 Å². The van der Waals surface area contributed by atoms with E-state index in [0.717, 1.165) is 53.3 Å². The van der Waals surface area contributed by atoms with Crippen LogP contribution in [0.2, 0.25) is 4.34 Å². The lowest BCUT2D eigenvalue weighted by Gasteiger charge is -2.48. The van der Waals surface area contributed by atoms with Crippen LogP contribution in [-0.4, -0.2) is 49.0 Å². The first-order valence-electron chi connectivity index (χ1n) is 9.51. The fraction of sp³-hybridized carbons (Fsp3) is 0.789. The lowest BCUT2D eigenvalue weighted by Crippen LogP contribution is -2.51. The van der Waals surface area contributed by atoms with Crippen LogP contribution in [0.15, 0.2) is 6.07 Å². The first kappa shape index (κ1) is 18.2. The average Bonchev–Trinajstić information content (AvgIpc) is 3.02. The fourth-order valence-electron chi connectivity index (χ4n) is 4.68. The molecule has 1 N–H and O–H groups in total. The lowest BCUT2D eigenvalue weighted by molar-refractivity contribution is -0.138. The zero-order chi connectivity index (χ0) is 17.4. The highest BCUT2D eigenvalue weighted by Gasteiger charge is 2.46. The van der Waals surface area contributed by atoms with E-state index in [1.807, 2.05) is 6.07 Å². The van der Waals surface area contributed by atoms with Crippen LogP contribution in [0.1, 0.15) is 55.6 Å². The highest BCUT2D eigenvalue weighted by Crippen LogP contribution is 2.50. The van der Waals surface area contributed by atoms with E-state index in [1.165, 1.54) is 25.8 Å². The van der Waals surface area contributed by atoms with Gasteiger partial charge in [-0.15, -0.1) is 11.3 Å². The van der Waals surface area contributed by atoms with Crippen molar-refractivity contribution < 1.29 is 14.6 Å². The first-order chi connectivity index (χ1) is 12.1. The summed E-state index contributed by atoms with van der Waals surface area (Å²) in [4.78, 5) is 3.77. The van der Waals surface area contributed by atoms with E-state index in [0.29, 0.717) is 12.6 Å². The summed E-state index contributed by atoms with van der Waals surface area (Å²) in [6, 6.07) is 2.41. The maximum Gasteiger partial charge on any atom is 0.105 e. The first-order valence-corrected chi connectivity index (χ1v) is 10.7. The maximum atomic E-state index is 10.2. The van der Waals surface area contributed by atoms with E-state index in [1.54, 1.807) is 11.3 Å². The number of rotatable bonds is 3. The Morgan fingerprint density at radius 2 is 2.20 bits per heavy atom. The summed E-state index contributed by atoms with van der Waals surface area (Å²) >= 11 is 7.84. The number of aliphatic hydroxyl groups excluding tert-OH is 1. The van der Waals surface area contributed by atoms with Gasteiger partial charge in [-0.25, -0.2) is 0 Å².